The fraction of sp³-hybridized carbons (Fsp3) is 0.0833. The van der Waals surface area contributed by atoms with E-state index in [-0.39, 0.29) is 5.69 Å². The Morgan fingerprint density at radius 2 is 2.00 bits per heavy atom. The van der Waals surface area contributed by atoms with Crippen molar-refractivity contribution < 1.29 is 13.6 Å². The van der Waals surface area contributed by atoms with E-state index in [4.69, 9.17) is 5.73 Å². The van der Waals surface area contributed by atoms with Gasteiger partial charge in [0.15, 0.2) is 11.6 Å². The summed E-state index contributed by atoms with van der Waals surface area (Å²) in [5.74, 6) is -2.42. The fourth-order valence-corrected chi connectivity index (χ4v) is 1.58. The van der Waals surface area contributed by atoms with Crippen molar-refractivity contribution >= 4 is 17.3 Å². The van der Waals surface area contributed by atoms with Crippen LogP contribution >= 0.6 is 0 Å². The van der Waals surface area contributed by atoms with Crippen molar-refractivity contribution in [1.82, 2.24) is 4.57 Å². The van der Waals surface area contributed by atoms with Gasteiger partial charge >= 0.3 is 0 Å². The summed E-state index contributed by atoms with van der Waals surface area (Å²) in [5.41, 5.74) is 6.51. The first-order valence-corrected chi connectivity index (χ1v) is 5.15. The third kappa shape index (κ3) is 2.32. The molecule has 1 aromatic carbocycles. The molecule has 0 fully saturated rings. The highest BCUT2D eigenvalue weighted by Gasteiger charge is 2.12. The highest BCUT2D eigenvalue weighted by Crippen LogP contribution is 2.15. The van der Waals surface area contributed by atoms with Gasteiger partial charge in [-0.3, -0.25) is 4.79 Å². The van der Waals surface area contributed by atoms with Gasteiger partial charge in [-0.05, 0) is 18.2 Å². The van der Waals surface area contributed by atoms with Crippen LogP contribution in [0.1, 0.15) is 10.5 Å². The standard InChI is InChI=1S/C12H11F2N3O/c1-17-6-7(15)4-11(17)12(18)16-8-2-3-9(13)10(14)5-8/h2-6H,15H2,1H3,(H,16,18). The van der Waals surface area contributed by atoms with E-state index >= 15 is 0 Å². The molecule has 0 saturated heterocycles. The Morgan fingerprint density at radius 1 is 1.28 bits per heavy atom. The van der Waals surface area contributed by atoms with Gasteiger partial charge in [-0.1, -0.05) is 0 Å². The van der Waals surface area contributed by atoms with Crippen LogP contribution in [0.3, 0.4) is 0 Å². The Balaban J connectivity index is 2.21. The Labute approximate surface area is 102 Å². The maximum Gasteiger partial charge on any atom is 0.272 e. The van der Waals surface area contributed by atoms with Gasteiger partial charge in [0.1, 0.15) is 5.69 Å². The lowest BCUT2D eigenvalue weighted by atomic mass is 10.3. The number of aromatic nitrogens is 1. The first-order valence-electron chi connectivity index (χ1n) is 5.15. The highest BCUT2D eigenvalue weighted by atomic mass is 19.2. The fourth-order valence-electron chi connectivity index (χ4n) is 1.58. The van der Waals surface area contributed by atoms with Crippen LogP contribution in [0.5, 0.6) is 0 Å². The van der Waals surface area contributed by atoms with Crippen LogP contribution in [0.4, 0.5) is 20.2 Å². The first-order chi connectivity index (χ1) is 8.47. The SMILES string of the molecule is Cn1cc(N)cc1C(=O)Nc1ccc(F)c(F)c1. The van der Waals surface area contributed by atoms with E-state index < -0.39 is 17.5 Å². The third-order valence-corrected chi connectivity index (χ3v) is 2.44. The quantitative estimate of drug-likeness (QED) is 0.859. The van der Waals surface area contributed by atoms with Gasteiger partial charge in [-0.15, -0.1) is 0 Å². The van der Waals surface area contributed by atoms with E-state index in [2.05, 4.69) is 5.32 Å². The number of nitrogen functional groups attached to an aromatic ring is 1. The van der Waals surface area contributed by atoms with Gasteiger partial charge in [0, 0.05) is 25.0 Å². The van der Waals surface area contributed by atoms with Crippen LogP contribution in [0.15, 0.2) is 30.5 Å². The predicted octanol–water partition coefficient (Wildman–Crippen LogP) is 2.14. The molecule has 0 aliphatic carbocycles. The number of nitrogens with zero attached hydrogens (tertiary/aromatic N) is 1. The summed E-state index contributed by atoms with van der Waals surface area (Å²) in [6.45, 7) is 0. The molecule has 0 unspecified atom stereocenters. The van der Waals surface area contributed by atoms with E-state index in [0.717, 1.165) is 12.1 Å². The molecule has 0 aliphatic heterocycles. The Kier molecular flexibility index (Phi) is 3.01. The second kappa shape index (κ2) is 4.48. The number of benzene rings is 1. The zero-order valence-electron chi connectivity index (χ0n) is 9.58. The number of carbonyl (C=O) groups excluding carboxylic acids is 1. The van der Waals surface area contributed by atoms with Crippen molar-refractivity contribution in [2.75, 3.05) is 11.1 Å². The molecule has 0 spiro atoms. The number of rotatable bonds is 2. The van der Waals surface area contributed by atoms with Crippen LogP contribution < -0.4 is 11.1 Å². The Bertz CT molecular complexity index is 607. The molecule has 0 radical (unpaired) electrons. The first kappa shape index (κ1) is 12.1. The Hall–Kier alpha value is -2.37. The largest absolute Gasteiger partial charge is 0.397 e. The highest BCUT2D eigenvalue weighted by molar-refractivity contribution is 6.03. The molecule has 0 bridgehead atoms. The molecule has 1 heterocycles. The van der Waals surface area contributed by atoms with Gasteiger partial charge in [0.05, 0.1) is 5.69 Å². The Morgan fingerprint density at radius 3 is 2.56 bits per heavy atom. The van der Waals surface area contributed by atoms with Crippen LogP contribution in [0.2, 0.25) is 0 Å². The average molecular weight is 251 g/mol. The van der Waals surface area contributed by atoms with Crippen LogP contribution in [-0.2, 0) is 7.05 Å². The van der Waals surface area contributed by atoms with Crippen molar-refractivity contribution in [3.8, 4) is 0 Å². The van der Waals surface area contributed by atoms with E-state index in [0.29, 0.717) is 11.4 Å². The van der Waals surface area contributed by atoms with Gasteiger partial charge in [-0.2, -0.15) is 0 Å². The van der Waals surface area contributed by atoms with Gasteiger partial charge in [0.2, 0.25) is 0 Å². The van der Waals surface area contributed by atoms with E-state index in [1.54, 1.807) is 17.8 Å². The summed E-state index contributed by atoms with van der Waals surface area (Å²) in [4.78, 5) is 11.8. The van der Waals surface area contributed by atoms with E-state index in [1.165, 1.54) is 12.1 Å². The van der Waals surface area contributed by atoms with Crippen molar-refractivity contribution in [3.05, 3.63) is 47.8 Å². The van der Waals surface area contributed by atoms with Gasteiger partial charge < -0.3 is 15.6 Å². The summed E-state index contributed by atoms with van der Waals surface area (Å²) in [6, 6.07) is 4.64. The number of nitrogens with one attached hydrogen (secondary N) is 1. The third-order valence-electron chi connectivity index (χ3n) is 2.44. The molecular formula is C12H11F2N3O. The van der Waals surface area contributed by atoms with Crippen LogP contribution in [-0.4, -0.2) is 10.5 Å². The molecule has 18 heavy (non-hydrogen) atoms. The summed E-state index contributed by atoms with van der Waals surface area (Å²) in [5, 5.41) is 2.46. The maximum atomic E-state index is 13.0. The van der Waals surface area contributed by atoms with Crippen molar-refractivity contribution in [2.45, 2.75) is 0 Å². The smallest absolute Gasteiger partial charge is 0.272 e. The monoisotopic (exact) mass is 251 g/mol. The van der Waals surface area contributed by atoms with Crippen LogP contribution in [0.25, 0.3) is 0 Å². The molecular weight excluding hydrogens is 240 g/mol. The second-order valence-corrected chi connectivity index (χ2v) is 3.85. The van der Waals surface area contributed by atoms with Crippen molar-refractivity contribution in [2.24, 2.45) is 7.05 Å². The van der Waals surface area contributed by atoms with Crippen molar-refractivity contribution in [1.29, 1.82) is 0 Å². The molecule has 1 aromatic heterocycles. The minimum Gasteiger partial charge on any atom is -0.397 e. The lowest BCUT2D eigenvalue weighted by molar-refractivity contribution is 0.101. The molecule has 0 aliphatic rings. The predicted molar refractivity (Wildman–Crippen MR) is 64.1 cm³/mol. The molecule has 0 saturated carbocycles. The molecule has 2 aromatic rings. The van der Waals surface area contributed by atoms with Crippen LogP contribution in [0, 0.1) is 11.6 Å². The summed E-state index contributed by atoms with van der Waals surface area (Å²) in [6.07, 6.45) is 1.58. The van der Waals surface area contributed by atoms with Gasteiger partial charge in [0.25, 0.3) is 5.91 Å². The normalized spacial score (nSPS) is 10.4. The molecule has 2 rings (SSSR count). The minimum absolute atomic E-state index is 0.179. The van der Waals surface area contributed by atoms with E-state index in [9.17, 15) is 13.6 Å². The molecule has 4 nitrogen and oxygen atoms in total. The number of hydrogen-bond acceptors (Lipinski definition) is 2. The number of anilines is 2. The lowest BCUT2D eigenvalue weighted by Crippen LogP contribution is -2.15. The average Bonchev–Trinajstić information content (AvgIpc) is 2.63. The molecule has 0 atom stereocenters. The zero-order valence-corrected chi connectivity index (χ0v) is 9.58. The number of halogens is 2. The molecule has 3 N–H and O–H groups in total. The summed E-state index contributed by atoms with van der Waals surface area (Å²) >= 11 is 0. The lowest BCUT2D eigenvalue weighted by Gasteiger charge is -2.06. The van der Waals surface area contributed by atoms with Crippen molar-refractivity contribution in [3.63, 3.8) is 0 Å². The zero-order chi connectivity index (χ0) is 13.3. The summed E-state index contributed by atoms with van der Waals surface area (Å²) in [7, 11) is 1.66. The van der Waals surface area contributed by atoms with Gasteiger partial charge in [-0.25, -0.2) is 8.78 Å². The number of hydrogen-bond donors (Lipinski definition) is 2. The molecule has 1 amide bonds. The molecule has 6 heteroatoms. The maximum absolute atomic E-state index is 13.0. The summed E-state index contributed by atoms with van der Waals surface area (Å²) < 4.78 is 27.2. The number of nitrogens with two attached hydrogens (primary N) is 1. The topological polar surface area (TPSA) is 60.0 Å². The minimum atomic E-state index is -1.01. The number of aryl methyl sites for hydroxylation is 1. The van der Waals surface area contributed by atoms with E-state index in [1.807, 2.05) is 0 Å². The second-order valence-electron chi connectivity index (χ2n) is 3.85. The number of amides is 1. The number of carbonyl (C=O) groups is 1. The molecule has 94 valence electrons.